The number of hydrogen-bond acceptors (Lipinski definition) is 5. The maximum Gasteiger partial charge on any atom is 0.293 e. The zero-order valence-corrected chi connectivity index (χ0v) is 16.2. The number of ether oxygens (including phenoxy) is 1. The molecule has 1 N–H and O–H groups in total. The van der Waals surface area contributed by atoms with Crippen LogP contribution in [0.4, 0.5) is 4.79 Å². The van der Waals surface area contributed by atoms with Crippen molar-refractivity contribution in [2.45, 2.75) is 12.8 Å². The lowest BCUT2D eigenvalue weighted by molar-refractivity contribution is -0.122. The molecule has 1 aliphatic rings. The highest BCUT2D eigenvalue weighted by atomic mass is 35.5. The number of thioether (sulfide) groups is 1. The number of hydrogen-bond donors (Lipinski definition) is 1. The number of imide groups is 1. The molecule has 0 unspecified atom stereocenters. The molecule has 2 aromatic carbocycles. The highest BCUT2D eigenvalue weighted by molar-refractivity contribution is 8.18. The summed E-state index contributed by atoms with van der Waals surface area (Å²) in [6.07, 6.45) is 2.94. The van der Waals surface area contributed by atoms with Crippen LogP contribution in [-0.2, 0) is 11.2 Å². The van der Waals surface area contributed by atoms with Gasteiger partial charge in [-0.2, -0.15) is 0 Å². The van der Waals surface area contributed by atoms with Crippen molar-refractivity contribution in [1.29, 1.82) is 0 Å². The second-order valence-corrected chi connectivity index (χ2v) is 7.40. The first-order chi connectivity index (χ1) is 13.0. The molecule has 27 heavy (non-hydrogen) atoms. The topological polar surface area (TPSA) is 66.8 Å². The molecule has 0 radical (unpaired) electrons. The minimum absolute atomic E-state index is 0.127. The van der Waals surface area contributed by atoms with E-state index in [0.29, 0.717) is 23.6 Å². The van der Waals surface area contributed by atoms with Gasteiger partial charge >= 0.3 is 0 Å². The van der Waals surface area contributed by atoms with E-state index in [9.17, 15) is 14.7 Å². The Kier molecular flexibility index (Phi) is 6.08. The summed E-state index contributed by atoms with van der Waals surface area (Å²) in [7, 11) is 1.41. The lowest BCUT2D eigenvalue weighted by Crippen LogP contribution is -2.29. The van der Waals surface area contributed by atoms with Crippen molar-refractivity contribution in [3.8, 4) is 11.5 Å². The molecule has 140 valence electrons. The SMILES string of the molecule is COc1cc(Cl)cc(/C=C2/SC(=O)N(CCCc3ccccc3)C2=O)c1O. The van der Waals surface area contributed by atoms with Gasteiger partial charge in [0.05, 0.1) is 12.0 Å². The van der Waals surface area contributed by atoms with Gasteiger partial charge in [0.15, 0.2) is 11.5 Å². The molecule has 1 aliphatic heterocycles. The highest BCUT2D eigenvalue weighted by Crippen LogP contribution is 2.38. The van der Waals surface area contributed by atoms with Crippen LogP contribution in [0, 0.1) is 0 Å². The minimum Gasteiger partial charge on any atom is -0.504 e. The Morgan fingerprint density at radius 3 is 2.67 bits per heavy atom. The van der Waals surface area contributed by atoms with E-state index in [4.69, 9.17) is 16.3 Å². The number of aryl methyl sites for hydroxylation is 1. The van der Waals surface area contributed by atoms with Gasteiger partial charge in [-0.15, -0.1) is 0 Å². The molecule has 5 nitrogen and oxygen atoms in total. The zero-order chi connectivity index (χ0) is 19.4. The van der Waals surface area contributed by atoms with E-state index >= 15 is 0 Å². The van der Waals surface area contributed by atoms with Gasteiger partial charge in [-0.1, -0.05) is 41.9 Å². The number of phenolic OH excluding ortho intramolecular Hbond substituents is 1. The van der Waals surface area contributed by atoms with Gasteiger partial charge in [-0.25, -0.2) is 0 Å². The van der Waals surface area contributed by atoms with E-state index in [2.05, 4.69) is 0 Å². The summed E-state index contributed by atoms with van der Waals surface area (Å²) in [6, 6.07) is 12.9. The first-order valence-corrected chi connectivity index (χ1v) is 9.55. The largest absolute Gasteiger partial charge is 0.504 e. The molecular formula is C20H18ClNO4S. The van der Waals surface area contributed by atoms with Crippen molar-refractivity contribution in [2.24, 2.45) is 0 Å². The van der Waals surface area contributed by atoms with Gasteiger partial charge in [-0.05, 0) is 42.3 Å². The number of benzene rings is 2. The van der Waals surface area contributed by atoms with Crippen molar-refractivity contribution in [3.05, 3.63) is 63.5 Å². The third-order valence-electron chi connectivity index (χ3n) is 4.14. The molecule has 2 aromatic rings. The number of rotatable bonds is 6. The van der Waals surface area contributed by atoms with E-state index in [-0.39, 0.29) is 27.6 Å². The summed E-state index contributed by atoms with van der Waals surface area (Å²) in [5.41, 5.74) is 1.49. The first-order valence-electron chi connectivity index (χ1n) is 8.35. The highest BCUT2D eigenvalue weighted by Gasteiger charge is 2.34. The molecule has 1 heterocycles. The number of carbonyl (C=O) groups excluding carboxylic acids is 2. The molecule has 0 aromatic heterocycles. The summed E-state index contributed by atoms with van der Waals surface area (Å²) < 4.78 is 5.06. The van der Waals surface area contributed by atoms with Crippen LogP contribution in [0.3, 0.4) is 0 Å². The van der Waals surface area contributed by atoms with Crippen LogP contribution >= 0.6 is 23.4 Å². The Morgan fingerprint density at radius 2 is 1.96 bits per heavy atom. The van der Waals surface area contributed by atoms with Crippen LogP contribution in [0.2, 0.25) is 5.02 Å². The van der Waals surface area contributed by atoms with Crippen molar-refractivity contribution in [1.82, 2.24) is 4.90 Å². The number of amides is 2. The van der Waals surface area contributed by atoms with Gasteiger partial charge in [-0.3, -0.25) is 14.5 Å². The molecular weight excluding hydrogens is 386 g/mol. The maximum atomic E-state index is 12.6. The second kappa shape index (κ2) is 8.50. The van der Waals surface area contributed by atoms with E-state index in [1.807, 2.05) is 30.3 Å². The molecule has 0 spiro atoms. The van der Waals surface area contributed by atoms with Crippen molar-refractivity contribution in [3.63, 3.8) is 0 Å². The molecule has 3 rings (SSSR count). The third kappa shape index (κ3) is 4.46. The number of methoxy groups -OCH3 is 1. The molecule has 0 saturated carbocycles. The minimum atomic E-state index is -0.364. The lowest BCUT2D eigenvalue weighted by Gasteiger charge is -2.12. The molecule has 0 bridgehead atoms. The predicted molar refractivity (Wildman–Crippen MR) is 107 cm³/mol. The van der Waals surface area contributed by atoms with E-state index in [1.165, 1.54) is 30.2 Å². The summed E-state index contributed by atoms with van der Waals surface area (Å²) in [6.45, 7) is 0.349. The zero-order valence-electron chi connectivity index (χ0n) is 14.6. The predicted octanol–water partition coefficient (Wildman–Crippen LogP) is 4.72. The monoisotopic (exact) mass is 403 g/mol. The van der Waals surface area contributed by atoms with Crippen LogP contribution in [0.25, 0.3) is 6.08 Å². The maximum absolute atomic E-state index is 12.6. The summed E-state index contributed by atoms with van der Waals surface area (Å²) >= 11 is 6.87. The Morgan fingerprint density at radius 1 is 1.22 bits per heavy atom. The fourth-order valence-electron chi connectivity index (χ4n) is 2.78. The normalized spacial score (nSPS) is 15.6. The standard InChI is InChI=1S/C20H18ClNO4S/c1-26-16-12-15(21)10-14(18(16)23)11-17-19(24)22(20(25)27-17)9-5-8-13-6-3-2-4-7-13/h2-4,6-7,10-12,23H,5,8-9H2,1H3/b17-11+. The first kappa shape index (κ1) is 19.3. The molecule has 1 saturated heterocycles. The van der Waals surface area contributed by atoms with Gasteiger partial charge in [0, 0.05) is 23.2 Å². The summed E-state index contributed by atoms with van der Waals surface area (Å²) in [5, 5.41) is 10.3. The van der Waals surface area contributed by atoms with Crippen molar-refractivity contribution >= 4 is 40.6 Å². The van der Waals surface area contributed by atoms with Crippen LogP contribution in [-0.4, -0.2) is 34.8 Å². The van der Waals surface area contributed by atoms with Crippen molar-refractivity contribution < 1.29 is 19.4 Å². The molecule has 2 amide bonds. The quantitative estimate of drug-likeness (QED) is 0.706. The Balaban J connectivity index is 1.72. The lowest BCUT2D eigenvalue weighted by atomic mass is 10.1. The molecule has 0 aliphatic carbocycles. The number of aromatic hydroxyl groups is 1. The number of halogens is 1. The summed E-state index contributed by atoms with van der Waals surface area (Å²) in [5.74, 6) is -0.287. The molecule has 0 atom stereocenters. The van der Waals surface area contributed by atoms with Gasteiger partial charge < -0.3 is 9.84 Å². The Hall–Kier alpha value is -2.44. The number of carbonyl (C=O) groups is 2. The fourth-order valence-corrected chi connectivity index (χ4v) is 3.85. The van der Waals surface area contributed by atoms with Crippen LogP contribution < -0.4 is 4.74 Å². The summed E-state index contributed by atoms with van der Waals surface area (Å²) in [4.78, 5) is 26.3. The van der Waals surface area contributed by atoms with Gasteiger partial charge in [0.25, 0.3) is 11.1 Å². The fraction of sp³-hybridized carbons (Fsp3) is 0.200. The molecule has 1 fully saturated rings. The third-order valence-corrected chi connectivity index (χ3v) is 5.26. The van der Waals surface area contributed by atoms with Crippen LogP contribution in [0.15, 0.2) is 47.4 Å². The van der Waals surface area contributed by atoms with Crippen LogP contribution in [0.1, 0.15) is 17.5 Å². The van der Waals surface area contributed by atoms with Crippen molar-refractivity contribution in [2.75, 3.05) is 13.7 Å². The average molecular weight is 404 g/mol. The number of nitrogens with zero attached hydrogens (tertiary/aromatic N) is 1. The Bertz CT molecular complexity index is 898. The van der Waals surface area contributed by atoms with E-state index in [1.54, 1.807) is 0 Å². The van der Waals surface area contributed by atoms with E-state index < -0.39 is 0 Å². The second-order valence-electron chi connectivity index (χ2n) is 5.97. The average Bonchev–Trinajstić information content (AvgIpc) is 2.92. The smallest absolute Gasteiger partial charge is 0.293 e. The molecule has 7 heteroatoms. The number of phenols is 1. The van der Waals surface area contributed by atoms with Gasteiger partial charge in [0.2, 0.25) is 0 Å². The van der Waals surface area contributed by atoms with Gasteiger partial charge in [0.1, 0.15) is 0 Å². The van der Waals surface area contributed by atoms with Crippen LogP contribution in [0.5, 0.6) is 11.5 Å². The van der Waals surface area contributed by atoms with E-state index in [0.717, 1.165) is 23.7 Å². The Labute approximate surface area is 166 Å².